The van der Waals surface area contributed by atoms with Crippen LogP contribution in [0.25, 0.3) is 0 Å². The van der Waals surface area contributed by atoms with Crippen LogP contribution < -0.4 is 9.64 Å². The number of rotatable bonds is 5. The number of methoxy groups -OCH3 is 1. The van der Waals surface area contributed by atoms with E-state index in [1.165, 1.54) is 6.08 Å². The van der Waals surface area contributed by atoms with Gasteiger partial charge in [-0.15, -0.1) is 0 Å². The van der Waals surface area contributed by atoms with E-state index in [1.54, 1.807) is 18.1 Å². The Bertz CT molecular complexity index is 864. The molecule has 1 aromatic carbocycles. The van der Waals surface area contributed by atoms with Gasteiger partial charge in [0.05, 0.1) is 29.4 Å². The summed E-state index contributed by atoms with van der Waals surface area (Å²) in [5.41, 5.74) is 1.82. The summed E-state index contributed by atoms with van der Waals surface area (Å²) < 4.78 is 5.49. The summed E-state index contributed by atoms with van der Waals surface area (Å²) in [7, 11) is 1.60. The highest BCUT2D eigenvalue weighted by Crippen LogP contribution is 2.44. The summed E-state index contributed by atoms with van der Waals surface area (Å²) in [5.74, 6) is 0.744. The molecule has 0 atom stereocenters. The minimum absolute atomic E-state index is 0.0113. The van der Waals surface area contributed by atoms with E-state index in [9.17, 15) is 9.59 Å². The van der Waals surface area contributed by atoms with Crippen molar-refractivity contribution in [2.45, 2.75) is 12.5 Å². The van der Waals surface area contributed by atoms with Crippen LogP contribution in [-0.2, 0) is 16.0 Å². The largest absolute Gasteiger partial charge is 0.495 e. The molecule has 0 unspecified atom stereocenters. The number of piperazine rings is 1. The topological polar surface area (TPSA) is 56.3 Å². The van der Waals surface area contributed by atoms with E-state index in [-0.39, 0.29) is 11.8 Å². The molecule has 3 aliphatic rings. The summed E-state index contributed by atoms with van der Waals surface area (Å²) >= 11 is 12.6. The fourth-order valence-corrected chi connectivity index (χ4v) is 4.94. The van der Waals surface area contributed by atoms with E-state index in [1.807, 2.05) is 9.80 Å². The lowest BCUT2D eigenvalue weighted by atomic mass is 10.1. The first-order valence-electron chi connectivity index (χ1n) is 10.2. The number of amides is 2. The number of ether oxygens (including phenoxy) is 1. The average Bonchev–Trinajstić information content (AvgIpc) is 3.13. The molecule has 2 fully saturated rings. The number of anilines is 1. The van der Waals surface area contributed by atoms with Crippen molar-refractivity contribution in [2.75, 3.05) is 64.4 Å². The molecule has 0 N–H and O–H groups in total. The van der Waals surface area contributed by atoms with Crippen LogP contribution in [-0.4, -0.2) is 92.0 Å². The van der Waals surface area contributed by atoms with Gasteiger partial charge >= 0.3 is 0 Å². The lowest BCUT2D eigenvalue weighted by Gasteiger charge is -2.48. The first kappa shape index (κ1) is 21.3. The van der Waals surface area contributed by atoms with Gasteiger partial charge in [-0.2, -0.15) is 0 Å². The molecular weight excluding hydrogens is 427 g/mol. The third-order valence-corrected chi connectivity index (χ3v) is 7.10. The third-order valence-electron chi connectivity index (χ3n) is 6.28. The van der Waals surface area contributed by atoms with E-state index >= 15 is 0 Å². The van der Waals surface area contributed by atoms with Gasteiger partial charge in [0.15, 0.2) is 0 Å². The standard InChI is InChI=1S/C21H26Cl2N4O3/c1-3-18(28)27-11-14(12-27)24-6-8-25(9-7-24)19(29)13-26-5-4-15-20(23)16(22)10-17(30-2)21(15)26/h3,10,14H,1,4-9,11-13H2,2H3. The number of halogens is 2. The molecule has 3 aliphatic heterocycles. The molecule has 0 spiro atoms. The predicted octanol–water partition coefficient (Wildman–Crippen LogP) is 1.91. The second kappa shape index (κ2) is 8.65. The maximum absolute atomic E-state index is 13.0. The van der Waals surface area contributed by atoms with E-state index in [0.29, 0.717) is 48.0 Å². The zero-order chi connectivity index (χ0) is 21.4. The van der Waals surface area contributed by atoms with Gasteiger partial charge in [0.1, 0.15) is 5.75 Å². The van der Waals surface area contributed by atoms with Crippen molar-refractivity contribution < 1.29 is 14.3 Å². The van der Waals surface area contributed by atoms with E-state index in [0.717, 1.165) is 43.9 Å². The van der Waals surface area contributed by atoms with Crippen LogP contribution in [0.4, 0.5) is 5.69 Å². The van der Waals surface area contributed by atoms with E-state index < -0.39 is 0 Å². The molecule has 0 aliphatic carbocycles. The number of fused-ring (bicyclic) bond motifs is 1. The van der Waals surface area contributed by atoms with Gasteiger partial charge in [-0.05, 0) is 12.5 Å². The Kier molecular flexibility index (Phi) is 6.14. The Balaban J connectivity index is 1.32. The van der Waals surface area contributed by atoms with Crippen molar-refractivity contribution in [3.8, 4) is 5.75 Å². The summed E-state index contributed by atoms with van der Waals surface area (Å²) in [6.45, 7) is 9.08. The van der Waals surface area contributed by atoms with Crippen LogP contribution in [0, 0.1) is 0 Å². The van der Waals surface area contributed by atoms with E-state index in [4.69, 9.17) is 27.9 Å². The van der Waals surface area contributed by atoms with Crippen LogP contribution in [0.15, 0.2) is 18.7 Å². The zero-order valence-electron chi connectivity index (χ0n) is 17.1. The van der Waals surface area contributed by atoms with Crippen molar-refractivity contribution in [1.82, 2.24) is 14.7 Å². The van der Waals surface area contributed by atoms with Crippen molar-refractivity contribution in [3.05, 3.63) is 34.3 Å². The van der Waals surface area contributed by atoms with E-state index in [2.05, 4.69) is 11.5 Å². The number of benzene rings is 1. The second-order valence-electron chi connectivity index (χ2n) is 7.89. The smallest absolute Gasteiger partial charge is 0.246 e. The number of hydrogen-bond acceptors (Lipinski definition) is 5. The van der Waals surface area contributed by atoms with Crippen molar-refractivity contribution >= 4 is 40.7 Å². The molecule has 7 nitrogen and oxygen atoms in total. The van der Waals surface area contributed by atoms with Gasteiger partial charge < -0.3 is 19.4 Å². The van der Waals surface area contributed by atoms with Crippen LogP contribution in [0.2, 0.25) is 10.0 Å². The van der Waals surface area contributed by atoms with Gasteiger partial charge in [0.25, 0.3) is 0 Å². The number of nitrogens with zero attached hydrogens (tertiary/aromatic N) is 4. The van der Waals surface area contributed by atoms with Crippen LogP contribution in [0.3, 0.4) is 0 Å². The summed E-state index contributed by atoms with van der Waals surface area (Å²) in [6.07, 6.45) is 2.10. The third kappa shape index (κ3) is 3.86. The maximum Gasteiger partial charge on any atom is 0.246 e. The first-order valence-corrected chi connectivity index (χ1v) is 10.9. The van der Waals surface area contributed by atoms with Gasteiger partial charge in [-0.3, -0.25) is 14.5 Å². The fourth-order valence-electron chi connectivity index (χ4n) is 4.49. The first-order chi connectivity index (χ1) is 14.4. The van der Waals surface area contributed by atoms with Gasteiger partial charge in [0.2, 0.25) is 11.8 Å². The monoisotopic (exact) mass is 452 g/mol. The molecule has 2 amide bonds. The maximum atomic E-state index is 13.0. The molecule has 0 radical (unpaired) electrons. The predicted molar refractivity (Wildman–Crippen MR) is 118 cm³/mol. The lowest BCUT2D eigenvalue weighted by molar-refractivity contribution is -0.135. The Hall–Kier alpha value is -1.96. The van der Waals surface area contributed by atoms with Gasteiger partial charge in [-0.25, -0.2) is 0 Å². The molecule has 162 valence electrons. The van der Waals surface area contributed by atoms with Crippen LogP contribution >= 0.6 is 23.2 Å². The Morgan fingerprint density at radius 2 is 1.87 bits per heavy atom. The molecule has 9 heteroatoms. The van der Waals surface area contributed by atoms with Crippen LogP contribution in [0.1, 0.15) is 5.56 Å². The SMILES string of the molecule is C=CC(=O)N1CC(N2CCN(C(=O)CN3CCc4c(Cl)c(Cl)cc(OC)c43)CC2)C1. The summed E-state index contributed by atoms with van der Waals surface area (Å²) in [5, 5.41) is 1.02. The molecule has 1 aromatic rings. The number of hydrogen-bond donors (Lipinski definition) is 0. The van der Waals surface area contributed by atoms with Crippen molar-refractivity contribution in [2.24, 2.45) is 0 Å². The molecule has 0 saturated carbocycles. The number of carbonyl (C=O) groups excluding carboxylic acids is 2. The lowest BCUT2D eigenvalue weighted by Crippen LogP contribution is -2.64. The minimum Gasteiger partial charge on any atom is -0.495 e. The summed E-state index contributed by atoms with van der Waals surface area (Å²) in [6, 6.07) is 2.09. The van der Waals surface area contributed by atoms with Crippen molar-refractivity contribution in [3.63, 3.8) is 0 Å². The van der Waals surface area contributed by atoms with Crippen molar-refractivity contribution in [1.29, 1.82) is 0 Å². The molecular formula is C21H26Cl2N4O3. The highest BCUT2D eigenvalue weighted by molar-refractivity contribution is 6.43. The summed E-state index contributed by atoms with van der Waals surface area (Å²) in [4.78, 5) is 32.7. The number of carbonyl (C=O) groups is 2. The molecule has 4 rings (SSSR count). The normalized spacial score (nSPS) is 19.5. The molecule has 2 saturated heterocycles. The second-order valence-corrected chi connectivity index (χ2v) is 8.68. The quantitative estimate of drug-likeness (QED) is 0.638. The number of likely N-dealkylation sites (tertiary alicyclic amines) is 1. The molecule has 30 heavy (non-hydrogen) atoms. The highest BCUT2D eigenvalue weighted by atomic mass is 35.5. The zero-order valence-corrected chi connectivity index (χ0v) is 18.6. The molecule has 3 heterocycles. The molecule has 0 bridgehead atoms. The Morgan fingerprint density at radius 1 is 1.17 bits per heavy atom. The minimum atomic E-state index is -0.0113. The van der Waals surface area contributed by atoms with Gasteiger partial charge in [-0.1, -0.05) is 29.8 Å². The fraction of sp³-hybridized carbons (Fsp3) is 0.524. The highest BCUT2D eigenvalue weighted by Gasteiger charge is 2.36. The van der Waals surface area contributed by atoms with Gasteiger partial charge in [0, 0.05) is 63.5 Å². The Labute approximate surface area is 186 Å². The molecule has 0 aromatic heterocycles. The Morgan fingerprint density at radius 3 is 2.50 bits per heavy atom. The van der Waals surface area contributed by atoms with Crippen LogP contribution in [0.5, 0.6) is 5.75 Å². The average molecular weight is 453 g/mol.